The molecule has 0 bridgehead atoms. The van der Waals surface area contributed by atoms with E-state index in [0.717, 1.165) is 70.6 Å². The average Bonchev–Trinajstić information content (AvgIpc) is 3.38. The molecule has 12 atom stereocenters. The highest BCUT2D eigenvalue weighted by atomic mass is 16.7. The second-order valence-corrected chi connectivity index (χ2v) is 20.0. The van der Waals surface area contributed by atoms with Crippen LogP contribution in [-0.2, 0) is 23.7 Å². The fraction of sp³-hybridized carbons (Fsp3) is 0.810. The Bertz CT molecular complexity index is 1440. The number of carbonyl (C=O) groups excluding carboxylic acids is 1. The van der Waals surface area contributed by atoms with E-state index in [9.17, 15) is 45.6 Å². The van der Waals surface area contributed by atoms with Crippen molar-refractivity contribution in [2.45, 2.75) is 280 Å². The first-order valence-corrected chi connectivity index (χ1v) is 28.5. The number of hydrogen-bond donors (Lipinski definition) is 9. The number of rotatable bonds is 44. The summed E-state index contributed by atoms with van der Waals surface area (Å²) in [5, 5.41) is 87.0. The van der Waals surface area contributed by atoms with Crippen LogP contribution in [0.4, 0.5) is 0 Å². The van der Waals surface area contributed by atoms with Crippen molar-refractivity contribution in [3.05, 3.63) is 60.8 Å². The number of allylic oxidation sites excluding steroid dienone is 9. The van der Waals surface area contributed by atoms with Gasteiger partial charge in [0.1, 0.15) is 48.8 Å². The van der Waals surface area contributed by atoms with E-state index in [4.69, 9.17) is 18.9 Å². The predicted molar refractivity (Wildman–Crippen MR) is 286 cm³/mol. The number of unbranched alkanes of at least 4 members (excludes halogenated alkanes) is 23. The zero-order chi connectivity index (χ0) is 52.4. The van der Waals surface area contributed by atoms with Gasteiger partial charge in [-0.25, -0.2) is 0 Å². The molecule has 0 aromatic carbocycles. The van der Waals surface area contributed by atoms with Gasteiger partial charge in [0, 0.05) is 6.42 Å². The molecule has 0 saturated carbocycles. The van der Waals surface area contributed by atoms with Crippen LogP contribution in [0.25, 0.3) is 0 Å². The summed E-state index contributed by atoms with van der Waals surface area (Å²) in [7, 11) is 0. The monoisotopic (exact) mass is 1020 g/mol. The lowest BCUT2D eigenvalue weighted by Gasteiger charge is -2.46. The number of hydrogen-bond acceptors (Lipinski definition) is 13. The highest BCUT2D eigenvalue weighted by Gasteiger charge is 2.51. The molecule has 0 aliphatic carbocycles. The topological polar surface area (TPSA) is 228 Å². The third kappa shape index (κ3) is 29.7. The van der Waals surface area contributed by atoms with Crippen LogP contribution in [0.1, 0.15) is 206 Å². The number of amides is 1. The van der Waals surface area contributed by atoms with Crippen LogP contribution in [0, 0.1) is 0 Å². The summed E-state index contributed by atoms with van der Waals surface area (Å²) in [4.78, 5) is 13.2. The Kier molecular flexibility index (Phi) is 40.1. The summed E-state index contributed by atoms with van der Waals surface area (Å²) in [5.74, 6) is -0.264. The molecule has 2 aliphatic heterocycles. The van der Waals surface area contributed by atoms with E-state index in [1.165, 1.54) is 109 Å². The van der Waals surface area contributed by atoms with E-state index in [1.54, 1.807) is 6.08 Å². The van der Waals surface area contributed by atoms with E-state index >= 15 is 0 Å². The molecule has 0 spiro atoms. The van der Waals surface area contributed by atoms with Gasteiger partial charge >= 0.3 is 0 Å². The molecule has 72 heavy (non-hydrogen) atoms. The van der Waals surface area contributed by atoms with Gasteiger partial charge in [-0.2, -0.15) is 0 Å². The van der Waals surface area contributed by atoms with Crippen molar-refractivity contribution in [1.29, 1.82) is 0 Å². The average molecular weight is 1020 g/mol. The molecule has 9 N–H and O–H groups in total. The van der Waals surface area contributed by atoms with Crippen molar-refractivity contribution in [3.63, 3.8) is 0 Å². The molecule has 14 nitrogen and oxygen atoms in total. The summed E-state index contributed by atoms with van der Waals surface area (Å²) in [6.45, 7) is 2.67. The first-order valence-electron chi connectivity index (χ1n) is 28.5. The van der Waals surface area contributed by atoms with Gasteiger partial charge in [0.2, 0.25) is 5.91 Å². The lowest BCUT2D eigenvalue weighted by Crippen LogP contribution is -2.65. The molecular weight excluding hydrogens is 919 g/mol. The molecule has 1 amide bonds. The van der Waals surface area contributed by atoms with Gasteiger partial charge in [-0.1, -0.05) is 203 Å². The number of nitrogens with one attached hydrogen (secondary N) is 1. The second-order valence-electron chi connectivity index (χ2n) is 20.0. The standard InChI is InChI=1S/C58H103NO13/c1-3-5-7-9-11-13-15-17-19-21-22-23-24-26-27-29-31-33-35-37-39-41-47(62)46(59-50(63)42-40-38-36-34-32-30-28-25-20-18-16-14-12-10-8-6-4-2)45-69-57-55(68)53(66)56(49(44-61)71-57)72-58-54(67)52(65)51(64)48(43-60)70-58/h6,8,12,14,18,20,28,30,39,41,46-49,51-58,60-62,64-68H,3-5,7,9-11,13,15-17,19,21-27,29,31-38,40,42-45H2,1-2H3,(H,59,63)/b8-6-,14-12-,20-18-,30-28-,41-39+. The van der Waals surface area contributed by atoms with E-state index in [1.807, 2.05) is 6.08 Å². The van der Waals surface area contributed by atoms with E-state index in [0.29, 0.717) is 6.42 Å². The van der Waals surface area contributed by atoms with Gasteiger partial charge in [-0.3, -0.25) is 4.79 Å². The van der Waals surface area contributed by atoms with Crippen molar-refractivity contribution in [3.8, 4) is 0 Å². The molecule has 2 fully saturated rings. The van der Waals surface area contributed by atoms with Crippen molar-refractivity contribution >= 4 is 5.91 Å². The molecule has 0 aromatic rings. The Labute approximate surface area is 435 Å². The Morgan fingerprint density at radius 3 is 1.47 bits per heavy atom. The van der Waals surface area contributed by atoms with Crippen molar-refractivity contribution in [2.24, 2.45) is 0 Å². The molecule has 2 aliphatic rings. The fourth-order valence-corrected chi connectivity index (χ4v) is 9.11. The van der Waals surface area contributed by atoms with Crippen molar-refractivity contribution < 1.29 is 64.6 Å². The molecule has 418 valence electrons. The van der Waals surface area contributed by atoms with Gasteiger partial charge in [0.05, 0.1) is 32.0 Å². The molecule has 2 rings (SSSR count). The minimum absolute atomic E-state index is 0.251. The Hall–Kier alpha value is -2.31. The highest BCUT2D eigenvalue weighted by Crippen LogP contribution is 2.30. The van der Waals surface area contributed by atoms with E-state index in [-0.39, 0.29) is 18.9 Å². The number of aliphatic hydroxyl groups excluding tert-OH is 8. The van der Waals surface area contributed by atoms with Crippen molar-refractivity contribution in [2.75, 3.05) is 19.8 Å². The third-order valence-corrected chi connectivity index (χ3v) is 13.7. The van der Waals surface area contributed by atoms with Gasteiger partial charge in [0.15, 0.2) is 12.6 Å². The van der Waals surface area contributed by atoms with Crippen molar-refractivity contribution in [1.82, 2.24) is 5.32 Å². The molecule has 14 heteroatoms. The Morgan fingerprint density at radius 2 is 0.958 bits per heavy atom. The highest BCUT2D eigenvalue weighted by molar-refractivity contribution is 5.76. The Morgan fingerprint density at radius 1 is 0.514 bits per heavy atom. The van der Waals surface area contributed by atoms with Crippen LogP contribution >= 0.6 is 0 Å². The lowest BCUT2D eigenvalue weighted by atomic mass is 9.97. The first kappa shape index (κ1) is 65.8. The quantitative estimate of drug-likeness (QED) is 0.0205. The lowest BCUT2D eigenvalue weighted by molar-refractivity contribution is -0.359. The largest absolute Gasteiger partial charge is 0.394 e. The van der Waals surface area contributed by atoms with E-state index in [2.05, 4.69) is 67.8 Å². The molecule has 0 aromatic heterocycles. The SMILES string of the molecule is CC/C=C\C/C=C\C/C=C\C/C=C\CCCCCCC(=O)NC(COC1OC(CO)C(OC2OC(CO)C(O)C(O)C2O)C(O)C1O)C(O)/C=C/CCCCCCCCCCCCCCCCCCCCC. The maximum Gasteiger partial charge on any atom is 0.220 e. The minimum Gasteiger partial charge on any atom is -0.394 e. The summed E-state index contributed by atoms with van der Waals surface area (Å²) in [5.41, 5.74) is 0. The molecule has 2 heterocycles. The normalized spacial score (nSPS) is 26.0. The van der Waals surface area contributed by atoms with Crippen LogP contribution in [0.15, 0.2) is 60.8 Å². The van der Waals surface area contributed by atoms with Crippen LogP contribution in [0.5, 0.6) is 0 Å². The zero-order valence-electron chi connectivity index (χ0n) is 44.7. The fourth-order valence-electron chi connectivity index (χ4n) is 9.11. The van der Waals surface area contributed by atoms with Crippen LogP contribution in [0.2, 0.25) is 0 Å². The maximum absolute atomic E-state index is 13.2. The smallest absolute Gasteiger partial charge is 0.220 e. The second kappa shape index (κ2) is 43.9. The summed E-state index contributed by atoms with van der Waals surface area (Å²) < 4.78 is 22.7. The maximum atomic E-state index is 13.2. The Balaban J connectivity index is 1.81. The van der Waals surface area contributed by atoms with Crippen LogP contribution < -0.4 is 5.32 Å². The summed E-state index contributed by atoms with van der Waals surface area (Å²) >= 11 is 0. The van der Waals surface area contributed by atoms with Gasteiger partial charge in [-0.05, 0) is 57.8 Å². The van der Waals surface area contributed by atoms with Gasteiger partial charge < -0.3 is 65.1 Å². The molecular formula is C58H103NO13. The molecule has 12 unspecified atom stereocenters. The molecule has 2 saturated heterocycles. The number of ether oxygens (including phenoxy) is 4. The molecule has 0 radical (unpaired) electrons. The van der Waals surface area contributed by atoms with Gasteiger partial charge in [-0.15, -0.1) is 0 Å². The van der Waals surface area contributed by atoms with E-state index < -0.39 is 86.8 Å². The number of aliphatic hydroxyl groups is 8. The van der Waals surface area contributed by atoms with Crippen LogP contribution in [-0.4, -0.2) is 140 Å². The van der Waals surface area contributed by atoms with Crippen LogP contribution in [0.3, 0.4) is 0 Å². The third-order valence-electron chi connectivity index (χ3n) is 13.7. The first-order chi connectivity index (χ1) is 35.1. The minimum atomic E-state index is -1.79. The zero-order valence-corrected chi connectivity index (χ0v) is 44.7. The predicted octanol–water partition coefficient (Wildman–Crippen LogP) is 9.00. The summed E-state index contributed by atoms with van der Waals surface area (Å²) in [6, 6.07) is -0.930. The number of carbonyl (C=O) groups is 1. The van der Waals surface area contributed by atoms with Gasteiger partial charge in [0.25, 0.3) is 0 Å². The summed E-state index contributed by atoms with van der Waals surface area (Å²) in [6.07, 6.45) is 38.2.